The topological polar surface area (TPSA) is 143 Å². The van der Waals surface area contributed by atoms with Gasteiger partial charge in [-0.25, -0.2) is 0 Å². The zero-order valence-electron chi connectivity index (χ0n) is 14.3. The van der Waals surface area contributed by atoms with Gasteiger partial charge in [0.05, 0.1) is 17.3 Å². The molecule has 5 N–H and O–H groups in total. The summed E-state index contributed by atoms with van der Waals surface area (Å²) in [6.07, 6.45) is 3.50. The van der Waals surface area contributed by atoms with Crippen LogP contribution in [0.15, 0.2) is 35.5 Å². The number of rotatable bonds is 3. The first-order valence-electron chi connectivity index (χ1n) is 6.02. The molecule has 7 nitrogen and oxygen atoms in total. The Morgan fingerprint density at radius 2 is 0.696 bits per heavy atom. The van der Waals surface area contributed by atoms with E-state index in [1.165, 1.54) is 59.8 Å². The van der Waals surface area contributed by atoms with Crippen molar-refractivity contribution in [3.63, 3.8) is 0 Å². The maximum Gasteiger partial charge on any atom is 0.155 e. The van der Waals surface area contributed by atoms with Gasteiger partial charge < -0.3 is 20.8 Å². The number of hydrogen-bond acceptors (Lipinski definition) is 6. The summed E-state index contributed by atoms with van der Waals surface area (Å²) < 4.78 is 0. The Balaban J connectivity index is -0.0000000675. The molecule has 23 heavy (non-hydrogen) atoms. The van der Waals surface area contributed by atoms with Gasteiger partial charge in [0.15, 0.2) is 17.3 Å². The Bertz CT molecular complexity index is 370. The molecule has 0 aliphatic rings. The van der Waals surface area contributed by atoms with Gasteiger partial charge in [0.2, 0.25) is 0 Å². The Kier molecular flexibility index (Phi) is 30.6. The van der Waals surface area contributed by atoms with E-state index in [0.717, 1.165) is 0 Å². The molecule has 132 valence electrons. The maximum atomic E-state index is 10.0. The van der Waals surface area contributed by atoms with E-state index in [1.807, 2.05) is 0 Å². The summed E-state index contributed by atoms with van der Waals surface area (Å²) in [5, 5.41) is 25.1. The van der Waals surface area contributed by atoms with Gasteiger partial charge in [-0.05, 0) is 41.5 Å². The van der Waals surface area contributed by atoms with Crippen LogP contribution in [0.1, 0.15) is 41.5 Å². The normalized spacial score (nSPS) is 10.4. The number of allylic oxidation sites excluding steroid dienone is 6. The first-order valence-corrected chi connectivity index (χ1v) is 6.02. The molecule has 0 aromatic rings. The van der Waals surface area contributed by atoms with Crippen molar-refractivity contribution in [1.82, 2.24) is 0 Å². The third-order valence-corrected chi connectivity index (χ3v) is 1.24. The minimum absolute atomic E-state index is 0. The molecule has 0 aliphatic carbocycles. The van der Waals surface area contributed by atoms with Crippen molar-refractivity contribution < 1.29 is 76.9 Å². The standard InChI is InChI=1S/3C5H8O2.Ce.H2O/c3*1-4(6)3-5(2)7;;/h3*3,6H,1-2H3;;1H2/b3*4-3-;;. The zero-order valence-corrected chi connectivity index (χ0v) is 17.4. The van der Waals surface area contributed by atoms with Crippen molar-refractivity contribution in [1.29, 1.82) is 0 Å². The third kappa shape index (κ3) is 62.7. The number of aliphatic hydroxyl groups excluding tert-OH is 3. The Morgan fingerprint density at radius 3 is 0.696 bits per heavy atom. The molecule has 8 heteroatoms. The quantitative estimate of drug-likeness (QED) is 0.437. The summed E-state index contributed by atoms with van der Waals surface area (Å²) in [6.45, 7) is 8.54. The smallest absolute Gasteiger partial charge is 0.155 e. The molecule has 0 saturated heterocycles. The maximum absolute atomic E-state index is 10.0. The van der Waals surface area contributed by atoms with Crippen LogP contribution in [0.5, 0.6) is 0 Å². The number of hydrogen-bond donors (Lipinski definition) is 3. The van der Waals surface area contributed by atoms with Crippen LogP contribution < -0.4 is 0 Å². The van der Waals surface area contributed by atoms with Crippen molar-refractivity contribution in [2.75, 3.05) is 0 Å². The monoisotopic (exact) mass is 458 g/mol. The van der Waals surface area contributed by atoms with Crippen LogP contribution in [-0.2, 0) is 14.4 Å². The molecule has 0 heterocycles. The fraction of sp³-hybridized carbons (Fsp3) is 0.400. The van der Waals surface area contributed by atoms with Crippen LogP contribution in [0.2, 0.25) is 0 Å². The van der Waals surface area contributed by atoms with E-state index in [0.29, 0.717) is 0 Å². The van der Waals surface area contributed by atoms with Crippen LogP contribution in [0.25, 0.3) is 0 Å². The van der Waals surface area contributed by atoms with Crippen molar-refractivity contribution in [3.8, 4) is 0 Å². The Morgan fingerprint density at radius 1 is 0.565 bits per heavy atom. The molecular weight excluding hydrogens is 432 g/mol. The molecule has 0 saturated carbocycles. The van der Waals surface area contributed by atoms with Crippen molar-refractivity contribution in [3.05, 3.63) is 35.5 Å². The van der Waals surface area contributed by atoms with Gasteiger partial charge in [0.1, 0.15) is 0 Å². The second-order valence-electron chi connectivity index (χ2n) is 4.19. The molecule has 0 bridgehead atoms. The first-order chi connectivity index (χ1) is 9.38. The summed E-state index contributed by atoms with van der Waals surface area (Å²) in [4.78, 5) is 30.1. The van der Waals surface area contributed by atoms with Crippen LogP contribution in [0.4, 0.5) is 0 Å². The summed E-state index contributed by atoms with van der Waals surface area (Å²) in [5.41, 5.74) is 0. The fourth-order valence-electron chi connectivity index (χ4n) is 0.882. The van der Waals surface area contributed by atoms with Crippen LogP contribution in [-0.4, -0.2) is 38.1 Å². The van der Waals surface area contributed by atoms with Crippen molar-refractivity contribution >= 4 is 17.3 Å². The summed E-state index contributed by atoms with van der Waals surface area (Å²) in [5.74, 6) is -0.187. The van der Waals surface area contributed by atoms with E-state index in [-0.39, 0.29) is 81.9 Å². The molecule has 0 amide bonds. The fourth-order valence-corrected chi connectivity index (χ4v) is 0.882. The van der Waals surface area contributed by atoms with E-state index in [2.05, 4.69) is 0 Å². The second kappa shape index (κ2) is 21.0. The van der Waals surface area contributed by atoms with Crippen molar-refractivity contribution in [2.24, 2.45) is 0 Å². The minimum Gasteiger partial charge on any atom is -0.512 e. The van der Waals surface area contributed by atoms with Crippen molar-refractivity contribution in [2.45, 2.75) is 41.5 Å². The molecule has 0 spiro atoms. The number of aliphatic hydroxyl groups is 3. The van der Waals surface area contributed by atoms with Gasteiger partial charge >= 0.3 is 0 Å². The molecule has 0 aromatic heterocycles. The van der Waals surface area contributed by atoms with Gasteiger partial charge in [0.25, 0.3) is 0 Å². The van der Waals surface area contributed by atoms with Crippen LogP contribution in [0, 0.1) is 41.7 Å². The van der Waals surface area contributed by atoms with E-state index in [9.17, 15) is 14.4 Å². The third-order valence-electron chi connectivity index (χ3n) is 1.24. The van der Waals surface area contributed by atoms with E-state index in [4.69, 9.17) is 15.3 Å². The Labute approximate surface area is 170 Å². The number of carbonyl (C=O) groups is 3. The van der Waals surface area contributed by atoms with Gasteiger partial charge in [-0.15, -0.1) is 0 Å². The van der Waals surface area contributed by atoms with Gasteiger partial charge in [-0.3, -0.25) is 14.4 Å². The molecular formula is C15H26CeO7. The van der Waals surface area contributed by atoms with E-state index < -0.39 is 0 Å². The number of carbonyl (C=O) groups excluding carboxylic acids is 3. The predicted octanol–water partition coefficient (Wildman–Crippen LogP) is 2.29. The Hall–Kier alpha value is -1.03. The van der Waals surface area contributed by atoms with Gasteiger partial charge in [-0.2, -0.15) is 0 Å². The van der Waals surface area contributed by atoms with E-state index >= 15 is 0 Å². The molecule has 0 radical (unpaired) electrons. The summed E-state index contributed by atoms with van der Waals surface area (Å²) in [7, 11) is 0. The van der Waals surface area contributed by atoms with E-state index in [1.54, 1.807) is 0 Å². The molecule has 0 aromatic carbocycles. The SMILES string of the molecule is CC(=O)/C=C(/C)O.CC(=O)/C=C(/C)O.CC(=O)/C=C(/C)O.O.[Ce]. The average Bonchev–Trinajstić information content (AvgIpc) is 2.10. The van der Waals surface area contributed by atoms with Crippen LogP contribution in [0.3, 0.4) is 0 Å². The number of ketones is 3. The summed E-state index contributed by atoms with van der Waals surface area (Å²) in [6, 6.07) is 0. The molecule has 0 atom stereocenters. The average molecular weight is 458 g/mol. The van der Waals surface area contributed by atoms with Gasteiger partial charge in [0, 0.05) is 60.0 Å². The first kappa shape index (κ1) is 33.5. The zero-order chi connectivity index (χ0) is 17.6. The summed E-state index contributed by atoms with van der Waals surface area (Å²) >= 11 is 0. The minimum atomic E-state index is -0.125. The molecule has 0 aliphatic heterocycles. The largest absolute Gasteiger partial charge is 0.512 e. The van der Waals surface area contributed by atoms with Crippen LogP contribution >= 0.6 is 0 Å². The molecule has 0 unspecified atom stereocenters. The second-order valence-corrected chi connectivity index (χ2v) is 4.19. The van der Waals surface area contributed by atoms with Gasteiger partial charge in [-0.1, -0.05) is 0 Å². The molecule has 0 fully saturated rings. The predicted molar refractivity (Wildman–Crippen MR) is 84.8 cm³/mol. The molecule has 0 rings (SSSR count).